The van der Waals surface area contributed by atoms with Crippen LogP contribution in [0.15, 0.2) is 6.20 Å². The van der Waals surface area contributed by atoms with E-state index in [0.29, 0.717) is 25.6 Å². The van der Waals surface area contributed by atoms with Gasteiger partial charge in [0.05, 0.1) is 6.20 Å². The molecule has 0 spiro atoms. The number of nitrogens with one attached hydrogen (secondary N) is 2. The average Bonchev–Trinajstić information content (AvgIpc) is 2.41. The summed E-state index contributed by atoms with van der Waals surface area (Å²) in [6, 6.07) is 0. The van der Waals surface area contributed by atoms with Crippen LogP contribution in [-0.4, -0.2) is 36.3 Å². The molecular formula is C13H23FN4O. The Morgan fingerprint density at radius 2 is 2.00 bits per heavy atom. The minimum Gasteiger partial charge on any atom is -0.381 e. The quantitative estimate of drug-likeness (QED) is 0.640. The van der Waals surface area contributed by atoms with Crippen molar-refractivity contribution in [3.05, 3.63) is 12.0 Å². The third kappa shape index (κ3) is 6.33. The van der Waals surface area contributed by atoms with Crippen molar-refractivity contribution in [1.29, 1.82) is 0 Å². The number of halogens is 1. The SMILES string of the molecule is CCCCOCCCNc1nc(NCC)ncc1F. The van der Waals surface area contributed by atoms with Crippen LogP contribution in [0.25, 0.3) is 0 Å². The summed E-state index contributed by atoms with van der Waals surface area (Å²) in [5.41, 5.74) is 0. The van der Waals surface area contributed by atoms with E-state index in [1.54, 1.807) is 0 Å². The molecule has 5 nitrogen and oxygen atoms in total. The Hall–Kier alpha value is -1.43. The lowest BCUT2D eigenvalue weighted by Gasteiger charge is -2.08. The number of ether oxygens (including phenoxy) is 1. The molecule has 2 N–H and O–H groups in total. The highest BCUT2D eigenvalue weighted by Crippen LogP contribution is 2.11. The first-order valence-corrected chi connectivity index (χ1v) is 6.86. The molecule has 1 aromatic rings. The second-order valence-corrected chi connectivity index (χ2v) is 4.17. The Morgan fingerprint density at radius 3 is 2.74 bits per heavy atom. The van der Waals surface area contributed by atoms with Gasteiger partial charge < -0.3 is 15.4 Å². The molecule has 0 bridgehead atoms. The summed E-state index contributed by atoms with van der Waals surface area (Å²) in [7, 11) is 0. The third-order valence-electron chi connectivity index (χ3n) is 2.48. The van der Waals surface area contributed by atoms with Gasteiger partial charge in [-0.2, -0.15) is 4.98 Å². The van der Waals surface area contributed by atoms with Crippen molar-refractivity contribution >= 4 is 11.8 Å². The molecule has 1 heterocycles. The number of rotatable bonds is 10. The molecule has 0 radical (unpaired) electrons. The molecule has 0 atom stereocenters. The van der Waals surface area contributed by atoms with Crippen LogP contribution in [-0.2, 0) is 4.74 Å². The Bertz CT molecular complexity index is 362. The minimum atomic E-state index is -0.437. The summed E-state index contributed by atoms with van der Waals surface area (Å²) in [6.45, 7) is 6.88. The van der Waals surface area contributed by atoms with Gasteiger partial charge in [0, 0.05) is 26.3 Å². The summed E-state index contributed by atoms with van der Waals surface area (Å²) in [5, 5.41) is 5.90. The van der Waals surface area contributed by atoms with Crippen molar-refractivity contribution < 1.29 is 9.13 Å². The molecule has 0 saturated carbocycles. The van der Waals surface area contributed by atoms with Gasteiger partial charge in [-0.1, -0.05) is 13.3 Å². The minimum absolute atomic E-state index is 0.236. The first kappa shape index (κ1) is 15.6. The maximum Gasteiger partial charge on any atom is 0.224 e. The molecule has 19 heavy (non-hydrogen) atoms. The summed E-state index contributed by atoms with van der Waals surface area (Å²) in [4.78, 5) is 7.91. The van der Waals surface area contributed by atoms with Gasteiger partial charge in [-0.15, -0.1) is 0 Å². The molecule has 0 aliphatic carbocycles. The number of anilines is 2. The number of nitrogens with zero attached hydrogens (tertiary/aromatic N) is 2. The molecule has 0 aliphatic rings. The Morgan fingerprint density at radius 1 is 1.21 bits per heavy atom. The van der Waals surface area contributed by atoms with E-state index in [2.05, 4.69) is 27.5 Å². The van der Waals surface area contributed by atoms with Crippen LogP contribution in [0.1, 0.15) is 33.1 Å². The van der Waals surface area contributed by atoms with E-state index in [9.17, 15) is 4.39 Å². The largest absolute Gasteiger partial charge is 0.381 e. The van der Waals surface area contributed by atoms with Crippen LogP contribution >= 0.6 is 0 Å². The van der Waals surface area contributed by atoms with Crippen LogP contribution in [0.3, 0.4) is 0 Å². The van der Waals surface area contributed by atoms with Crippen molar-refractivity contribution in [3.8, 4) is 0 Å². The maximum atomic E-state index is 13.4. The van der Waals surface area contributed by atoms with E-state index >= 15 is 0 Å². The standard InChI is InChI=1S/C13H23FN4O/c1-3-5-8-19-9-6-7-16-12-11(14)10-17-13(18-12)15-4-2/h10H,3-9H2,1-2H3,(H2,15,16,17,18). The van der Waals surface area contributed by atoms with E-state index in [0.717, 1.165) is 25.9 Å². The highest BCUT2D eigenvalue weighted by atomic mass is 19.1. The summed E-state index contributed by atoms with van der Waals surface area (Å²) < 4.78 is 18.9. The fraction of sp³-hybridized carbons (Fsp3) is 0.692. The Balaban J connectivity index is 2.26. The number of aromatic nitrogens is 2. The summed E-state index contributed by atoms with van der Waals surface area (Å²) in [6.07, 6.45) is 4.21. The number of hydrogen-bond donors (Lipinski definition) is 2. The average molecular weight is 270 g/mol. The lowest BCUT2D eigenvalue weighted by Crippen LogP contribution is -2.11. The van der Waals surface area contributed by atoms with Gasteiger partial charge in [-0.3, -0.25) is 0 Å². The molecule has 0 aliphatic heterocycles. The van der Waals surface area contributed by atoms with Gasteiger partial charge in [0.2, 0.25) is 5.95 Å². The Labute approximate surface area is 114 Å². The molecule has 0 saturated heterocycles. The van der Waals surface area contributed by atoms with E-state index in [1.807, 2.05) is 6.92 Å². The predicted molar refractivity (Wildman–Crippen MR) is 75.0 cm³/mol. The fourth-order valence-corrected chi connectivity index (χ4v) is 1.46. The highest BCUT2D eigenvalue weighted by molar-refractivity contribution is 5.40. The monoisotopic (exact) mass is 270 g/mol. The van der Waals surface area contributed by atoms with Crippen molar-refractivity contribution in [2.24, 2.45) is 0 Å². The van der Waals surface area contributed by atoms with E-state index in [1.165, 1.54) is 6.20 Å². The number of unbranched alkanes of at least 4 members (excludes halogenated alkanes) is 1. The molecule has 1 aromatic heterocycles. The topological polar surface area (TPSA) is 59.1 Å². The second kappa shape index (κ2) is 9.49. The van der Waals surface area contributed by atoms with Crippen LogP contribution in [0.2, 0.25) is 0 Å². The first-order chi connectivity index (χ1) is 9.27. The lowest BCUT2D eigenvalue weighted by atomic mass is 10.3. The van der Waals surface area contributed by atoms with Crippen LogP contribution in [0, 0.1) is 5.82 Å². The van der Waals surface area contributed by atoms with Crippen molar-refractivity contribution in [2.45, 2.75) is 33.1 Å². The molecule has 6 heteroatoms. The first-order valence-electron chi connectivity index (χ1n) is 6.86. The lowest BCUT2D eigenvalue weighted by molar-refractivity contribution is 0.131. The van der Waals surface area contributed by atoms with Gasteiger partial charge in [0.25, 0.3) is 0 Å². The van der Waals surface area contributed by atoms with Gasteiger partial charge >= 0.3 is 0 Å². The van der Waals surface area contributed by atoms with Crippen molar-refractivity contribution in [2.75, 3.05) is 36.9 Å². The van der Waals surface area contributed by atoms with Crippen LogP contribution in [0.4, 0.5) is 16.2 Å². The smallest absolute Gasteiger partial charge is 0.224 e. The molecule has 0 fully saturated rings. The molecule has 1 rings (SSSR count). The summed E-state index contributed by atoms with van der Waals surface area (Å²) in [5.74, 6) is 0.235. The molecule has 0 aromatic carbocycles. The van der Waals surface area contributed by atoms with Gasteiger partial charge in [0.15, 0.2) is 11.6 Å². The van der Waals surface area contributed by atoms with Crippen LogP contribution < -0.4 is 10.6 Å². The van der Waals surface area contributed by atoms with E-state index in [-0.39, 0.29) is 5.82 Å². The Kier molecular flexibility index (Phi) is 7.81. The zero-order valence-electron chi connectivity index (χ0n) is 11.7. The molecule has 0 unspecified atom stereocenters. The van der Waals surface area contributed by atoms with Gasteiger partial charge in [-0.05, 0) is 19.8 Å². The van der Waals surface area contributed by atoms with Crippen molar-refractivity contribution in [1.82, 2.24) is 9.97 Å². The second-order valence-electron chi connectivity index (χ2n) is 4.17. The van der Waals surface area contributed by atoms with E-state index < -0.39 is 5.82 Å². The van der Waals surface area contributed by atoms with Gasteiger partial charge in [0.1, 0.15) is 0 Å². The van der Waals surface area contributed by atoms with Crippen molar-refractivity contribution in [3.63, 3.8) is 0 Å². The number of hydrogen-bond acceptors (Lipinski definition) is 5. The normalized spacial score (nSPS) is 10.5. The fourth-order valence-electron chi connectivity index (χ4n) is 1.46. The third-order valence-corrected chi connectivity index (χ3v) is 2.48. The maximum absolute atomic E-state index is 13.4. The van der Waals surface area contributed by atoms with E-state index in [4.69, 9.17) is 4.74 Å². The molecule has 0 amide bonds. The highest BCUT2D eigenvalue weighted by Gasteiger charge is 2.05. The van der Waals surface area contributed by atoms with Gasteiger partial charge in [-0.25, -0.2) is 9.37 Å². The van der Waals surface area contributed by atoms with Crippen LogP contribution in [0.5, 0.6) is 0 Å². The zero-order chi connectivity index (χ0) is 13.9. The zero-order valence-corrected chi connectivity index (χ0v) is 11.7. The predicted octanol–water partition coefficient (Wildman–Crippen LogP) is 2.67. The molecular weight excluding hydrogens is 247 g/mol. The molecule has 108 valence electrons. The summed E-state index contributed by atoms with van der Waals surface area (Å²) >= 11 is 0.